The van der Waals surface area contributed by atoms with Crippen LogP contribution in [0.2, 0.25) is 0 Å². The molecule has 1 aliphatic heterocycles. The number of hydrogen-bond acceptors (Lipinski definition) is 2. The fraction of sp³-hybridized carbons (Fsp3) is 0.625. The summed E-state index contributed by atoms with van der Waals surface area (Å²) in [5.74, 6) is 2.42. The first-order chi connectivity index (χ1) is 8.70. The van der Waals surface area contributed by atoms with E-state index in [-0.39, 0.29) is 0 Å². The molecule has 0 saturated heterocycles. The molecular formula is C16H25NO. The Balaban J connectivity index is 1.87. The third kappa shape index (κ3) is 3.26. The van der Waals surface area contributed by atoms with Crippen LogP contribution in [0, 0.1) is 5.92 Å². The number of fused-ring (bicyclic) bond motifs is 1. The van der Waals surface area contributed by atoms with Gasteiger partial charge in [-0.2, -0.15) is 0 Å². The lowest BCUT2D eigenvalue weighted by Crippen LogP contribution is -2.27. The first kappa shape index (κ1) is 13.4. The van der Waals surface area contributed by atoms with Gasteiger partial charge in [0.05, 0.1) is 6.61 Å². The summed E-state index contributed by atoms with van der Waals surface area (Å²) in [5.41, 5.74) is 1.40. The molecule has 1 aromatic rings. The first-order valence-electron chi connectivity index (χ1n) is 7.15. The van der Waals surface area contributed by atoms with Crippen molar-refractivity contribution in [3.8, 4) is 5.75 Å². The van der Waals surface area contributed by atoms with Gasteiger partial charge in [0.1, 0.15) is 5.75 Å². The Hall–Kier alpha value is -1.02. The van der Waals surface area contributed by atoms with Gasteiger partial charge in [-0.25, -0.2) is 0 Å². The van der Waals surface area contributed by atoms with Gasteiger partial charge < -0.3 is 10.1 Å². The summed E-state index contributed by atoms with van der Waals surface area (Å²) in [6, 6.07) is 9.08. The Labute approximate surface area is 111 Å². The molecule has 2 rings (SSSR count). The number of hydrogen-bond donors (Lipinski definition) is 1. The van der Waals surface area contributed by atoms with E-state index in [1.807, 2.05) is 0 Å². The highest BCUT2D eigenvalue weighted by atomic mass is 16.5. The van der Waals surface area contributed by atoms with Crippen molar-refractivity contribution in [3.63, 3.8) is 0 Å². The standard InChI is InChI=1S/C16H25NO/c1-4-17-13(3)9-12(2)10-14-11-18-16-8-6-5-7-15(14)16/h5-8,12-14,17H,4,9-11H2,1-3H3. The van der Waals surface area contributed by atoms with Crippen LogP contribution in [-0.2, 0) is 0 Å². The van der Waals surface area contributed by atoms with Gasteiger partial charge in [-0.05, 0) is 38.3 Å². The van der Waals surface area contributed by atoms with Crippen molar-refractivity contribution in [1.29, 1.82) is 0 Å². The van der Waals surface area contributed by atoms with E-state index in [0.717, 1.165) is 24.8 Å². The largest absolute Gasteiger partial charge is 0.493 e. The predicted octanol–water partition coefficient (Wildman–Crippen LogP) is 3.58. The molecule has 1 heterocycles. The van der Waals surface area contributed by atoms with Crippen LogP contribution in [0.4, 0.5) is 0 Å². The van der Waals surface area contributed by atoms with E-state index in [1.54, 1.807) is 0 Å². The number of benzene rings is 1. The average Bonchev–Trinajstić information content (AvgIpc) is 2.73. The van der Waals surface area contributed by atoms with Crippen LogP contribution in [0.25, 0.3) is 0 Å². The number of rotatable bonds is 6. The second-order valence-electron chi connectivity index (χ2n) is 5.58. The van der Waals surface area contributed by atoms with Crippen LogP contribution in [-0.4, -0.2) is 19.2 Å². The van der Waals surface area contributed by atoms with Crippen molar-refractivity contribution in [2.75, 3.05) is 13.2 Å². The molecule has 2 heteroatoms. The SMILES string of the molecule is CCNC(C)CC(C)CC1COc2ccccc21. The third-order valence-electron chi connectivity index (χ3n) is 3.79. The summed E-state index contributed by atoms with van der Waals surface area (Å²) in [7, 11) is 0. The van der Waals surface area contributed by atoms with Crippen molar-refractivity contribution in [3.05, 3.63) is 29.8 Å². The van der Waals surface area contributed by atoms with Gasteiger partial charge in [-0.15, -0.1) is 0 Å². The topological polar surface area (TPSA) is 21.3 Å². The van der Waals surface area contributed by atoms with E-state index in [4.69, 9.17) is 4.74 Å². The molecule has 3 unspecified atom stereocenters. The van der Waals surface area contributed by atoms with E-state index in [9.17, 15) is 0 Å². The highest BCUT2D eigenvalue weighted by Gasteiger charge is 2.25. The maximum absolute atomic E-state index is 5.75. The molecule has 0 fully saturated rings. The van der Waals surface area contributed by atoms with Crippen LogP contribution in [0.5, 0.6) is 5.75 Å². The lowest BCUT2D eigenvalue weighted by Gasteiger charge is -2.20. The van der Waals surface area contributed by atoms with Gasteiger partial charge in [0, 0.05) is 17.5 Å². The molecule has 3 atom stereocenters. The number of nitrogens with one attached hydrogen (secondary N) is 1. The Bertz CT molecular complexity index is 377. The van der Waals surface area contributed by atoms with Crippen LogP contribution < -0.4 is 10.1 Å². The summed E-state index contributed by atoms with van der Waals surface area (Å²) < 4.78 is 5.75. The zero-order chi connectivity index (χ0) is 13.0. The minimum Gasteiger partial charge on any atom is -0.493 e. The predicted molar refractivity (Wildman–Crippen MR) is 76.2 cm³/mol. The molecule has 1 aliphatic rings. The Morgan fingerprint density at radius 1 is 1.33 bits per heavy atom. The maximum atomic E-state index is 5.75. The number of ether oxygens (including phenoxy) is 1. The summed E-state index contributed by atoms with van der Waals surface area (Å²) in [6.07, 6.45) is 2.47. The summed E-state index contributed by atoms with van der Waals surface area (Å²) in [5, 5.41) is 3.49. The van der Waals surface area contributed by atoms with Gasteiger partial charge in [-0.3, -0.25) is 0 Å². The molecule has 100 valence electrons. The molecule has 18 heavy (non-hydrogen) atoms. The van der Waals surface area contributed by atoms with Crippen molar-refractivity contribution in [2.24, 2.45) is 5.92 Å². The lowest BCUT2D eigenvalue weighted by molar-refractivity contribution is 0.299. The van der Waals surface area contributed by atoms with E-state index in [0.29, 0.717) is 12.0 Å². The quantitative estimate of drug-likeness (QED) is 0.829. The second kappa shape index (κ2) is 6.24. The van der Waals surface area contributed by atoms with Crippen LogP contribution in [0.15, 0.2) is 24.3 Å². The van der Waals surface area contributed by atoms with Crippen LogP contribution in [0.3, 0.4) is 0 Å². The third-order valence-corrected chi connectivity index (χ3v) is 3.79. The van der Waals surface area contributed by atoms with Crippen molar-refractivity contribution >= 4 is 0 Å². The van der Waals surface area contributed by atoms with E-state index >= 15 is 0 Å². The van der Waals surface area contributed by atoms with Gasteiger partial charge in [0.25, 0.3) is 0 Å². The molecule has 0 amide bonds. The smallest absolute Gasteiger partial charge is 0.122 e. The molecule has 1 N–H and O–H groups in total. The van der Waals surface area contributed by atoms with Crippen LogP contribution in [0.1, 0.15) is 45.1 Å². The molecule has 0 bridgehead atoms. The van der Waals surface area contributed by atoms with E-state index < -0.39 is 0 Å². The zero-order valence-electron chi connectivity index (χ0n) is 11.8. The van der Waals surface area contributed by atoms with Crippen molar-refractivity contribution in [2.45, 2.75) is 45.6 Å². The fourth-order valence-corrected chi connectivity index (χ4v) is 3.04. The lowest BCUT2D eigenvalue weighted by atomic mass is 9.88. The van der Waals surface area contributed by atoms with Crippen LogP contribution >= 0.6 is 0 Å². The van der Waals surface area contributed by atoms with Crippen molar-refractivity contribution < 1.29 is 4.74 Å². The normalized spacial score (nSPS) is 21.2. The highest BCUT2D eigenvalue weighted by molar-refractivity contribution is 5.39. The molecule has 0 aliphatic carbocycles. The zero-order valence-corrected chi connectivity index (χ0v) is 11.8. The fourth-order valence-electron chi connectivity index (χ4n) is 3.04. The molecule has 0 radical (unpaired) electrons. The summed E-state index contributed by atoms with van der Waals surface area (Å²) in [4.78, 5) is 0. The molecule has 0 aromatic heterocycles. The Morgan fingerprint density at radius 3 is 2.89 bits per heavy atom. The van der Waals surface area contributed by atoms with Gasteiger partial charge >= 0.3 is 0 Å². The Kier molecular flexibility index (Phi) is 4.65. The minimum absolute atomic E-state index is 0.588. The minimum atomic E-state index is 0.588. The Morgan fingerprint density at radius 2 is 2.11 bits per heavy atom. The van der Waals surface area contributed by atoms with Crippen molar-refractivity contribution in [1.82, 2.24) is 5.32 Å². The monoisotopic (exact) mass is 247 g/mol. The highest BCUT2D eigenvalue weighted by Crippen LogP contribution is 2.37. The summed E-state index contributed by atoms with van der Waals surface area (Å²) in [6.45, 7) is 8.72. The first-order valence-corrected chi connectivity index (χ1v) is 7.15. The van der Waals surface area contributed by atoms with E-state index in [2.05, 4.69) is 50.4 Å². The molecule has 0 spiro atoms. The molecule has 2 nitrogen and oxygen atoms in total. The number of para-hydroxylation sites is 1. The van der Waals surface area contributed by atoms with Gasteiger partial charge in [0.15, 0.2) is 0 Å². The van der Waals surface area contributed by atoms with Gasteiger partial charge in [0.2, 0.25) is 0 Å². The average molecular weight is 247 g/mol. The molecule has 1 aromatic carbocycles. The summed E-state index contributed by atoms with van der Waals surface area (Å²) >= 11 is 0. The molecular weight excluding hydrogens is 222 g/mol. The second-order valence-corrected chi connectivity index (χ2v) is 5.58. The van der Waals surface area contributed by atoms with E-state index in [1.165, 1.54) is 18.4 Å². The van der Waals surface area contributed by atoms with Gasteiger partial charge in [-0.1, -0.05) is 32.0 Å². The maximum Gasteiger partial charge on any atom is 0.122 e. The molecule has 0 saturated carbocycles.